The molecule has 0 saturated heterocycles. The number of rotatable bonds is 20. The number of carbonyl (C=O) groups is 5. The maximum atomic E-state index is 14.8. The molecule has 0 spiro atoms. The van der Waals surface area contributed by atoms with E-state index >= 15 is 0 Å². The summed E-state index contributed by atoms with van der Waals surface area (Å²) in [5.41, 5.74) is 23.6. The van der Waals surface area contributed by atoms with Gasteiger partial charge >= 0.3 is 0 Å². The van der Waals surface area contributed by atoms with Gasteiger partial charge in [0, 0.05) is 61.5 Å². The number of aryl methyl sites for hydroxylation is 1. The molecule has 1 heterocycles. The van der Waals surface area contributed by atoms with Crippen molar-refractivity contribution < 1.29 is 33.4 Å². The van der Waals surface area contributed by atoms with Crippen LogP contribution in [0.5, 0.6) is 11.5 Å². The quantitative estimate of drug-likeness (QED) is 0.0724. The fourth-order valence-corrected chi connectivity index (χ4v) is 8.09. The first-order chi connectivity index (χ1) is 30.9. The van der Waals surface area contributed by atoms with Gasteiger partial charge in [-0.25, -0.2) is 0 Å². The summed E-state index contributed by atoms with van der Waals surface area (Å²) in [5.74, 6) is -2.99. The second-order valence-electron chi connectivity index (χ2n) is 16.5. The molecular formula is C51H62N6O7. The summed E-state index contributed by atoms with van der Waals surface area (Å²) in [6.07, 6.45) is 3.29. The number of nitriles is 1. The maximum absolute atomic E-state index is 14.8. The molecule has 4 atom stereocenters. The van der Waals surface area contributed by atoms with Crippen molar-refractivity contribution >= 4 is 29.2 Å². The van der Waals surface area contributed by atoms with E-state index in [1.54, 1.807) is 49.4 Å². The van der Waals surface area contributed by atoms with E-state index in [1.807, 2.05) is 24.3 Å². The van der Waals surface area contributed by atoms with Crippen LogP contribution in [0, 0.1) is 23.2 Å². The molecule has 7 N–H and O–H groups in total. The molecule has 0 radical (unpaired) electrons. The van der Waals surface area contributed by atoms with E-state index in [9.17, 15) is 29.2 Å². The van der Waals surface area contributed by atoms with E-state index in [1.165, 1.54) is 17.5 Å². The van der Waals surface area contributed by atoms with Crippen molar-refractivity contribution in [2.24, 2.45) is 29.0 Å². The number of hydrogen-bond donors (Lipinski definition) is 4. The van der Waals surface area contributed by atoms with E-state index in [4.69, 9.17) is 26.7 Å². The van der Waals surface area contributed by atoms with Gasteiger partial charge in [-0.3, -0.25) is 24.0 Å². The van der Waals surface area contributed by atoms with Gasteiger partial charge in [-0.1, -0.05) is 80.9 Å². The minimum atomic E-state index is -1.20. The van der Waals surface area contributed by atoms with Crippen LogP contribution in [0.25, 0.3) is 22.3 Å². The number of ketones is 3. The summed E-state index contributed by atoms with van der Waals surface area (Å²) in [6, 6.07) is 25.9. The molecule has 13 heteroatoms. The van der Waals surface area contributed by atoms with Crippen LogP contribution in [0.4, 0.5) is 0 Å². The minimum Gasteiger partial charge on any atom is -0.492 e. The van der Waals surface area contributed by atoms with Crippen molar-refractivity contribution in [3.63, 3.8) is 0 Å². The lowest BCUT2D eigenvalue weighted by Gasteiger charge is -2.32. The van der Waals surface area contributed by atoms with Gasteiger partial charge in [-0.15, -0.1) is 0 Å². The number of nitrogens with two attached hydrogens (primary N) is 3. The lowest BCUT2D eigenvalue weighted by atomic mass is 9.88. The highest BCUT2D eigenvalue weighted by atomic mass is 16.5. The van der Waals surface area contributed by atoms with Crippen molar-refractivity contribution in [2.45, 2.75) is 83.7 Å². The third kappa shape index (κ3) is 12.7. The normalized spacial score (nSPS) is 16.7. The maximum Gasteiger partial charge on any atom is 0.226 e. The van der Waals surface area contributed by atoms with Crippen LogP contribution in [0.2, 0.25) is 0 Å². The largest absolute Gasteiger partial charge is 0.492 e. The monoisotopic (exact) mass is 870 g/mol. The number of likely N-dealkylation sites (N-methyl/N-ethyl adjacent to an activating group) is 1. The molecule has 2 amide bonds. The summed E-state index contributed by atoms with van der Waals surface area (Å²) < 4.78 is 12.2. The van der Waals surface area contributed by atoms with Crippen LogP contribution in [0.15, 0.2) is 84.9 Å². The van der Waals surface area contributed by atoms with Crippen LogP contribution >= 0.6 is 0 Å². The van der Waals surface area contributed by atoms with Crippen molar-refractivity contribution in [1.82, 2.24) is 10.2 Å². The van der Waals surface area contributed by atoms with E-state index < -0.39 is 53.7 Å². The third-order valence-corrected chi connectivity index (χ3v) is 11.6. The van der Waals surface area contributed by atoms with Crippen molar-refractivity contribution in [2.75, 3.05) is 39.9 Å². The Kier molecular flexibility index (Phi) is 18.3. The number of nitrogens with one attached hydrogen (secondary N) is 1. The molecule has 1 aliphatic rings. The Morgan fingerprint density at radius 2 is 1.45 bits per heavy atom. The Morgan fingerprint density at radius 3 is 2.06 bits per heavy atom. The Balaban J connectivity index is 1.54. The van der Waals surface area contributed by atoms with Gasteiger partial charge in [0.05, 0.1) is 18.5 Å². The smallest absolute Gasteiger partial charge is 0.226 e. The van der Waals surface area contributed by atoms with Gasteiger partial charge in [-0.2, -0.15) is 5.26 Å². The molecule has 5 rings (SSSR count). The summed E-state index contributed by atoms with van der Waals surface area (Å²) in [6.45, 7) is 4.84. The molecule has 4 aromatic rings. The van der Waals surface area contributed by atoms with Crippen LogP contribution in [0.1, 0.15) is 91.9 Å². The zero-order valence-corrected chi connectivity index (χ0v) is 37.3. The molecule has 0 fully saturated rings. The molecule has 0 aromatic heterocycles. The molecule has 338 valence electrons. The zero-order valence-electron chi connectivity index (χ0n) is 37.3. The number of benzene rings is 4. The molecule has 0 aliphatic carbocycles. The predicted molar refractivity (Wildman–Crippen MR) is 247 cm³/mol. The molecular weight excluding hydrogens is 809 g/mol. The SMILES string of the molecule is CCCCc1ccc(-c2ccc(C(=O)C[C@@H](CCCN)C(=O)N(C)[C@@H]3C(=O)C[C@@H](C)C(=O)N[C@H](C(=O)CC#N)Cc4ccc(OCCN)c(c4)-c4cc3ccc4OCCN)cc2)cc1. The number of hydrogen-bond acceptors (Lipinski definition) is 11. The van der Waals surface area contributed by atoms with Gasteiger partial charge in [0.2, 0.25) is 11.8 Å². The molecule has 64 heavy (non-hydrogen) atoms. The second-order valence-corrected chi connectivity index (χ2v) is 16.5. The predicted octanol–water partition coefficient (Wildman–Crippen LogP) is 6.28. The van der Waals surface area contributed by atoms with Gasteiger partial charge in [0.1, 0.15) is 30.8 Å². The lowest BCUT2D eigenvalue weighted by Crippen LogP contribution is -2.45. The highest BCUT2D eigenvalue weighted by Crippen LogP contribution is 2.41. The van der Waals surface area contributed by atoms with E-state index in [-0.39, 0.29) is 51.3 Å². The zero-order chi connectivity index (χ0) is 46.2. The Bertz CT molecular complexity index is 2290. The first kappa shape index (κ1) is 48.8. The van der Waals surface area contributed by atoms with Crippen molar-refractivity contribution in [3.05, 3.63) is 107 Å². The second kappa shape index (κ2) is 24.0. The number of nitrogens with zero attached hydrogens (tertiary/aromatic N) is 2. The van der Waals surface area contributed by atoms with Crippen LogP contribution in [0.3, 0.4) is 0 Å². The molecule has 0 saturated carbocycles. The average Bonchev–Trinajstić information content (AvgIpc) is 3.30. The standard InChI is InChI=1S/C51H62N6O7/c1-4-5-7-34-9-12-36(13-10-34)37-14-16-38(17-15-37)45(59)32-40(8-6-22-52)51(62)57(3)49-39-18-20-48(64-27-25-55)42(31-39)41-29-35(11-19-47(41)63-26-24-54)30-43(44(58)21-23-53)56-50(61)33(2)28-46(49)60/h9-20,29,31,33,40,43,49H,4-8,21-22,24-28,30,32,52,54-55H2,1-3H3,(H,56,61)/t33-,40-,43+,49+/m1/s1. The summed E-state index contributed by atoms with van der Waals surface area (Å²) in [5, 5.41) is 12.2. The first-order valence-corrected chi connectivity index (χ1v) is 22.3. The highest BCUT2D eigenvalue weighted by molar-refractivity contribution is 6.00. The van der Waals surface area contributed by atoms with Crippen molar-refractivity contribution in [1.29, 1.82) is 5.26 Å². The van der Waals surface area contributed by atoms with Crippen molar-refractivity contribution in [3.8, 4) is 39.8 Å². The Morgan fingerprint density at radius 1 is 0.828 bits per heavy atom. The number of fused-ring (bicyclic) bond motifs is 5. The average molecular weight is 871 g/mol. The van der Waals surface area contributed by atoms with Gasteiger partial charge in [0.25, 0.3) is 0 Å². The molecule has 4 bridgehead atoms. The summed E-state index contributed by atoms with van der Waals surface area (Å²) in [7, 11) is 1.53. The lowest BCUT2D eigenvalue weighted by molar-refractivity contribution is -0.142. The minimum absolute atomic E-state index is 0.0651. The number of carbonyl (C=O) groups excluding carboxylic acids is 5. The first-order valence-electron chi connectivity index (χ1n) is 22.3. The van der Waals surface area contributed by atoms with E-state index in [0.29, 0.717) is 58.7 Å². The Labute approximate surface area is 376 Å². The number of ether oxygens (including phenoxy) is 2. The number of unbranched alkanes of at least 4 members (excludes halogenated alkanes) is 1. The number of amides is 2. The topological polar surface area (TPSA) is 221 Å². The van der Waals surface area contributed by atoms with Gasteiger partial charge in [0.15, 0.2) is 17.3 Å². The molecule has 13 nitrogen and oxygen atoms in total. The summed E-state index contributed by atoms with van der Waals surface area (Å²) in [4.78, 5) is 71.8. The van der Waals surface area contributed by atoms with Gasteiger partial charge in [-0.05, 0) is 90.7 Å². The molecule has 4 aromatic carbocycles. The van der Waals surface area contributed by atoms with Crippen LogP contribution in [-0.4, -0.2) is 80.0 Å². The molecule has 1 aliphatic heterocycles. The molecule has 0 unspecified atom stereocenters. The fourth-order valence-electron chi connectivity index (χ4n) is 8.09. The third-order valence-electron chi connectivity index (χ3n) is 11.6. The van der Waals surface area contributed by atoms with E-state index in [0.717, 1.165) is 30.4 Å². The van der Waals surface area contributed by atoms with Crippen LogP contribution < -0.4 is 32.0 Å². The van der Waals surface area contributed by atoms with Crippen LogP contribution in [-0.2, 0) is 32.0 Å². The fraction of sp³-hybridized carbons (Fsp3) is 0.412. The highest BCUT2D eigenvalue weighted by Gasteiger charge is 2.36. The number of Topliss-reactive ketones (excluding diaryl/α,β-unsaturated/α-hetero) is 3. The Hall–Kier alpha value is -6.20. The van der Waals surface area contributed by atoms with E-state index in [2.05, 4.69) is 36.5 Å². The summed E-state index contributed by atoms with van der Waals surface area (Å²) >= 11 is 0. The van der Waals surface area contributed by atoms with Gasteiger partial charge < -0.3 is 36.9 Å².